The number of amides is 1. The van der Waals surface area contributed by atoms with Crippen molar-refractivity contribution < 1.29 is 9.90 Å². The van der Waals surface area contributed by atoms with Gasteiger partial charge in [0.1, 0.15) is 0 Å². The number of hydrogen-bond donors (Lipinski definition) is 2. The van der Waals surface area contributed by atoms with E-state index in [1.54, 1.807) is 23.1 Å². The van der Waals surface area contributed by atoms with Crippen molar-refractivity contribution in [2.75, 3.05) is 12.4 Å². The molecule has 3 nitrogen and oxygen atoms in total. The van der Waals surface area contributed by atoms with Crippen LogP contribution in [0.1, 0.15) is 17.7 Å². The topological polar surface area (TPSA) is 49.3 Å². The molecule has 0 aliphatic heterocycles. The van der Waals surface area contributed by atoms with Crippen molar-refractivity contribution in [3.8, 4) is 0 Å². The Balaban J connectivity index is 1.64. The maximum atomic E-state index is 11.5. The smallest absolute Gasteiger partial charge is 0.230 e. The van der Waals surface area contributed by atoms with E-state index in [-0.39, 0.29) is 18.1 Å². The van der Waals surface area contributed by atoms with E-state index in [1.807, 2.05) is 11.4 Å². The molecule has 1 aromatic rings. The molecular formula is C11H15NO2S2. The largest absolute Gasteiger partial charge is 0.394 e. The molecule has 0 atom stereocenters. The molecule has 16 heavy (non-hydrogen) atoms. The number of thiophene rings is 1. The van der Waals surface area contributed by atoms with Crippen LogP contribution >= 0.6 is 23.1 Å². The van der Waals surface area contributed by atoms with Gasteiger partial charge < -0.3 is 10.4 Å². The Bertz CT molecular complexity index is 347. The Morgan fingerprint density at radius 1 is 1.62 bits per heavy atom. The second kappa shape index (κ2) is 5.21. The van der Waals surface area contributed by atoms with Crippen LogP contribution < -0.4 is 5.32 Å². The lowest BCUT2D eigenvalue weighted by molar-refractivity contribution is -0.119. The second-order valence-corrected chi connectivity index (χ2v) is 6.08. The van der Waals surface area contributed by atoms with Gasteiger partial charge in [0.25, 0.3) is 0 Å². The number of carbonyl (C=O) groups excluding carboxylic acids is 1. The van der Waals surface area contributed by atoms with Crippen LogP contribution in [0.15, 0.2) is 17.5 Å². The number of carbonyl (C=O) groups is 1. The average molecular weight is 257 g/mol. The van der Waals surface area contributed by atoms with E-state index in [0.29, 0.717) is 5.75 Å². The molecule has 2 N–H and O–H groups in total. The third kappa shape index (κ3) is 3.23. The highest BCUT2D eigenvalue weighted by Crippen LogP contribution is 2.34. The summed E-state index contributed by atoms with van der Waals surface area (Å²) in [5.41, 5.74) is -0.277. The van der Waals surface area contributed by atoms with E-state index < -0.39 is 0 Å². The fraction of sp³-hybridized carbons (Fsp3) is 0.545. The van der Waals surface area contributed by atoms with Gasteiger partial charge in [0.05, 0.1) is 17.9 Å². The van der Waals surface area contributed by atoms with Gasteiger partial charge in [-0.3, -0.25) is 4.79 Å². The van der Waals surface area contributed by atoms with Crippen molar-refractivity contribution in [3.05, 3.63) is 22.4 Å². The zero-order chi connectivity index (χ0) is 11.4. The van der Waals surface area contributed by atoms with Crippen LogP contribution in [0.5, 0.6) is 0 Å². The number of aliphatic hydroxyl groups is 1. The van der Waals surface area contributed by atoms with Gasteiger partial charge in [-0.25, -0.2) is 0 Å². The summed E-state index contributed by atoms with van der Waals surface area (Å²) in [4.78, 5) is 12.8. The van der Waals surface area contributed by atoms with Gasteiger partial charge in [0.15, 0.2) is 0 Å². The van der Waals surface area contributed by atoms with E-state index in [1.165, 1.54) is 4.88 Å². The normalized spacial score (nSPS) is 17.1. The molecule has 0 spiro atoms. The van der Waals surface area contributed by atoms with Crippen molar-refractivity contribution in [2.45, 2.75) is 24.1 Å². The fourth-order valence-electron chi connectivity index (χ4n) is 1.44. The Morgan fingerprint density at radius 2 is 2.44 bits per heavy atom. The first-order valence-corrected chi connectivity index (χ1v) is 7.29. The summed E-state index contributed by atoms with van der Waals surface area (Å²) >= 11 is 3.33. The summed E-state index contributed by atoms with van der Waals surface area (Å²) in [5.74, 6) is 1.39. The molecular weight excluding hydrogens is 242 g/mol. The number of hydrogen-bond acceptors (Lipinski definition) is 4. The lowest BCUT2D eigenvalue weighted by atomic mass is 10.3. The lowest BCUT2D eigenvalue weighted by Crippen LogP contribution is -2.40. The number of aliphatic hydroxyl groups excluding tert-OH is 1. The quantitative estimate of drug-likeness (QED) is 0.814. The summed E-state index contributed by atoms with van der Waals surface area (Å²) in [7, 11) is 0. The van der Waals surface area contributed by atoms with Crippen LogP contribution in [0.2, 0.25) is 0 Å². The Morgan fingerprint density at radius 3 is 3.00 bits per heavy atom. The van der Waals surface area contributed by atoms with Crippen molar-refractivity contribution >= 4 is 29.0 Å². The van der Waals surface area contributed by atoms with Gasteiger partial charge >= 0.3 is 0 Å². The van der Waals surface area contributed by atoms with Gasteiger partial charge in [-0.1, -0.05) is 6.07 Å². The van der Waals surface area contributed by atoms with Gasteiger partial charge in [0, 0.05) is 10.6 Å². The van der Waals surface area contributed by atoms with Crippen LogP contribution in [-0.4, -0.2) is 28.9 Å². The van der Waals surface area contributed by atoms with Crippen LogP contribution in [0.4, 0.5) is 0 Å². The number of rotatable bonds is 6. The maximum absolute atomic E-state index is 11.5. The Labute approximate surface area is 103 Å². The predicted octanol–water partition coefficient (Wildman–Crippen LogP) is 1.62. The van der Waals surface area contributed by atoms with Crippen LogP contribution in [-0.2, 0) is 10.5 Å². The maximum Gasteiger partial charge on any atom is 0.230 e. The van der Waals surface area contributed by atoms with E-state index in [2.05, 4.69) is 11.4 Å². The summed E-state index contributed by atoms with van der Waals surface area (Å²) in [6.45, 7) is 0.0638. The standard InChI is InChI=1S/C11H15NO2S2/c13-8-11(3-4-11)12-10(14)7-15-6-9-2-1-5-16-9/h1-2,5,13H,3-4,6-8H2,(H,12,14). The molecule has 0 unspecified atom stereocenters. The minimum Gasteiger partial charge on any atom is -0.394 e. The number of nitrogens with one attached hydrogen (secondary N) is 1. The van der Waals surface area contributed by atoms with Crippen molar-refractivity contribution in [2.24, 2.45) is 0 Å². The van der Waals surface area contributed by atoms with Crippen molar-refractivity contribution in [3.63, 3.8) is 0 Å². The van der Waals surface area contributed by atoms with E-state index >= 15 is 0 Å². The molecule has 0 saturated heterocycles. The molecule has 0 aromatic carbocycles. The third-order valence-electron chi connectivity index (χ3n) is 2.62. The molecule has 1 aromatic heterocycles. The Kier molecular flexibility index (Phi) is 3.89. The summed E-state index contributed by atoms with van der Waals surface area (Å²) in [6, 6.07) is 4.09. The van der Waals surface area contributed by atoms with Crippen molar-refractivity contribution in [1.82, 2.24) is 5.32 Å². The number of thioether (sulfide) groups is 1. The van der Waals surface area contributed by atoms with Crippen LogP contribution in [0, 0.1) is 0 Å². The molecule has 0 radical (unpaired) electrons. The monoisotopic (exact) mass is 257 g/mol. The van der Waals surface area contributed by atoms with E-state index in [9.17, 15) is 4.79 Å². The van der Waals surface area contributed by atoms with Crippen molar-refractivity contribution in [1.29, 1.82) is 0 Å². The summed E-state index contributed by atoms with van der Waals surface area (Å²) in [5, 5.41) is 14.0. The minimum absolute atomic E-state index is 0.0353. The summed E-state index contributed by atoms with van der Waals surface area (Å²) in [6.07, 6.45) is 1.82. The van der Waals surface area contributed by atoms with Crippen LogP contribution in [0.25, 0.3) is 0 Å². The summed E-state index contributed by atoms with van der Waals surface area (Å²) < 4.78 is 0. The highest BCUT2D eigenvalue weighted by Gasteiger charge is 2.43. The molecule has 1 aliphatic carbocycles. The zero-order valence-electron chi connectivity index (χ0n) is 8.94. The van der Waals surface area contributed by atoms with Gasteiger partial charge in [-0.2, -0.15) is 0 Å². The molecule has 0 bridgehead atoms. The molecule has 5 heteroatoms. The second-order valence-electron chi connectivity index (χ2n) is 4.06. The highest BCUT2D eigenvalue weighted by atomic mass is 32.2. The highest BCUT2D eigenvalue weighted by molar-refractivity contribution is 7.99. The van der Waals surface area contributed by atoms with Gasteiger partial charge in [-0.05, 0) is 24.3 Å². The van der Waals surface area contributed by atoms with Gasteiger partial charge in [0.2, 0.25) is 5.91 Å². The molecule has 1 amide bonds. The zero-order valence-corrected chi connectivity index (χ0v) is 10.6. The van der Waals surface area contributed by atoms with Gasteiger partial charge in [-0.15, -0.1) is 23.1 Å². The first-order valence-electron chi connectivity index (χ1n) is 5.26. The average Bonchev–Trinajstić information content (AvgIpc) is 2.85. The predicted molar refractivity (Wildman–Crippen MR) is 67.7 cm³/mol. The van der Waals surface area contributed by atoms with E-state index in [4.69, 9.17) is 5.11 Å². The first kappa shape index (κ1) is 12.0. The molecule has 1 heterocycles. The molecule has 1 aliphatic rings. The molecule has 1 fully saturated rings. The molecule has 1 saturated carbocycles. The first-order chi connectivity index (χ1) is 7.74. The molecule has 2 rings (SSSR count). The van der Waals surface area contributed by atoms with E-state index in [0.717, 1.165) is 18.6 Å². The SMILES string of the molecule is O=C(CSCc1cccs1)NC1(CO)CC1. The van der Waals surface area contributed by atoms with Crippen LogP contribution in [0.3, 0.4) is 0 Å². The lowest BCUT2D eigenvalue weighted by Gasteiger charge is -2.13. The minimum atomic E-state index is -0.277. The Hall–Kier alpha value is -0.520. The molecule has 88 valence electrons. The third-order valence-corrected chi connectivity index (χ3v) is 4.66. The fourth-order valence-corrected chi connectivity index (χ4v) is 3.11.